The average Bonchev–Trinajstić information content (AvgIpc) is 2.55. The van der Waals surface area contributed by atoms with Crippen molar-refractivity contribution < 1.29 is 13.9 Å². The molecular weight excluding hydrogens is 269 g/mol. The number of ether oxygens (including phenoxy) is 1. The average molecular weight is 292 g/mol. The zero-order chi connectivity index (χ0) is 15.1. The van der Waals surface area contributed by atoms with Gasteiger partial charge in [-0.1, -0.05) is 31.4 Å². The van der Waals surface area contributed by atoms with Gasteiger partial charge in [0.05, 0.1) is 0 Å². The summed E-state index contributed by atoms with van der Waals surface area (Å²) in [6.45, 7) is 3.14. The fraction of sp³-hybridized carbons (Fsp3) is 0.529. The molecule has 0 atom stereocenters. The lowest BCUT2D eigenvalue weighted by atomic mass is 9.93. The molecule has 3 nitrogen and oxygen atoms in total. The van der Waals surface area contributed by atoms with Crippen LogP contribution < -0.4 is 4.90 Å². The van der Waals surface area contributed by atoms with Crippen LogP contribution in [0.2, 0.25) is 0 Å². The number of amides is 1. The SMILES string of the molecule is CCO[CH]C(=O)N(c1ccc(CF)cc1)C1CCCCC1. The molecule has 1 aliphatic carbocycles. The molecule has 0 bridgehead atoms. The summed E-state index contributed by atoms with van der Waals surface area (Å²) in [7, 11) is 0. The summed E-state index contributed by atoms with van der Waals surface area (Å²) in [6, 6.07) is 7.32. The molecule has 115 valence electrons. The summed E-state index contributed by atoms with van der Waals surface area (Å²) in [5.41, 5.74) is 1.45. The molecule has 1 aromatic rings. The van der Waals surface area contributed by atoms with Gasteiger partial charge >= 0.3 is 0 Å². The molecule has 1 fully saturated rings. The maximum Gasteiger partial charge on any atom is 0.259 e. The van der Waals surface area contributed by atoms with Crippen molar-refractivity contribution >= 4 is 11.6 Å². The molecule has 1 aromatic carbocycles. The van der Waals surface area contributed by atoms with Crippen LogP contribution in [0.4, 0.5) is 10.1 Å². The van der Waals surface area contributed by atoms with E-state index in [1.54, 1.807) is 17.0 Å². The Morgan fingerprint density at radius 3 is 2.52 bits per heavy atom. The summed E-state index contributed by atoms with van der Waals surface area (Å²) >= 11 is 0. The van der Waals surface area contributed by atoms with Gasteiger partial charge in [0.2, 0.25) is 0 Å². The highest BCUT2D eigenvalue weighted by molar-refractivity contribution is 5.98. The third-order valence-corrected chi connectivity index (χ3v) is 3.90. The Hall–Kier alpha value is -1.42. The van der Waals surface area contributed by atoms with Gasteiger partial charge in [0, 0.05) is 18.3 Å². The number of rotatable bonds is 6. The summed E-state index contributed by atoms with van der Waals surface area (Å²) < 4.78 is 17.8. The van der Waals surface area contributed by atoms with E-state index in [0.29, 0.717) is 12.2 Å². The Morgan fingerprint density at radius 2 is 1.95 bits per heavy atom. The number of benzene rings is 1. The van der Waals surface area contributed by atoms with E-state index in [9.17, 15) is 9.18 Å². The van der Waals surface area contributed by atoms with Crippen molar-refractivity contribution in [1.82, 2.24) is 0 Å². The topological polar surface area (TPSA) is 29.5 Å². The van der Waals surface area contributed by atoms with Crippen LogP contribution in [0.25, 0.3) is 0 Å². The van der Waals surface area contributed by atoms with Gasteiger partial charge in [-0.25, -0.2) is 4.39 Å². The highest BCUT2D eigenvalue weighted by Gasteiger charge is 2.27. The van der Waals surface area contributed by atoms with Gasteiger partial charge < -0.3 is 9.64 Å². The first-order chi connectivity index (χ1) is 10.3. The summed E-state index contributed by atoms with van der Waals surface area (Å²) in [5, 5.41) is 0. The van der Waals surface area contributed by atoms with Crippen LogP contribution in [0.3, 0.4) is 0 Å². The third-order valence-electron chi connectivity index (χ3n) is 3.90. The molecule has 1 amide bonds. The Labute approximate surface area is 126 Å². The van der Waals surface area contributed by atoms with Crippen LogP contribution in [0, 0.1) is 6.61 Å². The van der Waals surface area contributed by atoms with E-state index in [1.165, 1.54) is 13.0 Å². The van der Waals surface area contributed by atoms with Gasteiger partial charge in [-0.2, -0.15) is 0 Å². The number of hydrogen-bond acceptors (Lipinski definition) is 2. The summed E-state index contributed by atoms with van der Waals surface area (Å²) in [6.07, 6.45) is 5.54. The van der Waals surface area contributed by atoms with E-state index in [-0.39, 0.29) is 11.9 Å². The first-order valence-electron chi connectivity index (χ1n) is 7.69. The van der Waals surface area contributed by atoms with E-state index in [2.05, 4.69) is 0 Å². The fourth-order valence-electron chi connectivity index (χ4n) is 2.81. The van der Waals surface area contributed by atoms with Crippen molar-refractivity contribution in [1.29, 1.82) is 0 Å². The number of carbonyl (C=O) groups excluding carboxylic acids is 1. The van der Waals surface area contributed by atoms with Gasteiger partial charge in [0.1, 0.15) is 6.67 Å². The molecule has 4 heteroatoms. The predicted molar refractivity (Wildman–Crippen MR) is 81.5 cm³/mol. The molecule has 21 heavy (non-hydrogen) atoms. The molecule has 1 saturated carbocycles. The van der Waals surface area contributed by atoms with Crippen molar-refractivity contribution in [3.05, 3.63) is 36.4 Å². The molecule has 1 radical (unpaired) electrons. The second-order valence-corrected chi connectivity index (χ2v) is 5.37. The zero-order valence-corrected chi connectivity index (χ0v) is 12.6. The van der Waals surface area contributed by atoms with Gasteiger partial charge in [0.15, 0.2) is 6.61 Å². The molecule has 2 rings (SSSR count). The van der Waals surface area contributed by atoms with Crippen LogP contribution in [0.1, 0.15) is 44.6 Å². The second kappa shape index (κ2) is 8.13. The van der Waals surface area contributed by atoms with E-state index < -0.39 is 6.67 Å². The molecule has 0 aromatic heterocycles. The minimum Gasteiger partial charge on any atom is -0.365 e. The van der Waals surface area contributed by atoms with E-state index in [1.807, 2.05) is 19.1 Å². The Bertz CT molecular complexity index is 441. The zero-order valence-electron chi connectivity index (χ0n) is 12.6. The first-order valence-corrected chi connectivity index (χ1v) is 7.69. The first kappa shape index (κ1) is 16.0. The van der Waals surface area contributed by atoms with E-state index in [0.717, 1.165) is 31.4 Å². The van der Waals surface area contributed by atoms with E-state index >= 15 is 0 Å². The van der Waals surface area contributed by atoms with Crippen molar-refractivity contribution in [3.8, 4) is 0 Å². The smallest absolute Gasteiger partial charge is 0.259 e. The van der Waals surface area contributed by atoms with Crippen molar-refractivity contribution in [2.24, 2.45) is 0 Å². The molecule has 0 aliphatic heterocycles. The van der Waals surface area contributed by atoms with Crippen LogP contribution in [-0.2, 0) is 16.2 Å². The van der Waals surface area contributed by atoms with Crippen LogP contribution >= 0.6 is 0 Å². The van der Waals surface area contributed by atoms with Crippen LogP contribution in [0.15, 0.2) is 24.3 Å². The molecule has 1 aliphatic rings. The molecule has 0 spiro atoms. The van der Waals surface area contributed by atoms with Gasteiger partial charge in [-0.05, 0) is 37.5 Å². The van der Waals surface area contributed by atoms with Gasteiger partial charge in [0.25, 0.3) is 5.91 Å². The maximum absolute atomic E-state index is 12.6. The number of hydrogen-bond donors (Lipinski definition) is 0. The molecule has 0 unspecified atom stereocenters. The molecule has 0 N–H and O–H groups in total. The predicted octanol–water partition coefficient (Wildman–Crippen LogP) is 4.02. The minimum atomic E-state index is -0.483. The largest absolute Gasteiger partial charge is 0.365 e. The number of halogens is 1. The highest BCUT2D eigenvalue weighted by atomic mass is 19.1. The lowest BCUT2D eigenvalue weighted by molar-refractivity contribution is -0.119. The summed E-state index contributed by atoms with van der Waals surface area (Å²) in [5.74, 6) is -0.128. The number of carbonyl (C=O) groups is 1. The van der Waals surface area contributed by atoms with Crippen molar-refractivity contribution in [2.75, 3.05) is 11.5 Å². The quantitative estimate of drug-likeness (QED) is 0.792. The normalized spacial score (nSPS) is 15.9. The Kier molecular flexibility index (Phi) is 6.18. The van der Waals surface area contributed by atoms with Crippen LogP contribution in [-0.4, -0.2) is 18.6 Å². The van der Waals surface area contributed by atoms with E-state index in [4.69, 9.17) is 4.74 Å². The Morgan fingerprint density at radius 1 is 1.29 bits per heavy atom. The molecular formula is C17H23FNO2. The highest BCUT2D eigenvalue weighted by Crippen LogP contribution is 2.28. The maximum atomic E-state index is 12.6. The lowest BCUT2D eigenvalue weighted by Crippen LogP contribution is -2.42. The lowest BCUT2D eigenvalue weighted by Gasteiger charge is -2.34. The number of alkyl halides is 1. The second-order valence-electron chi connectivity index (χ2n) is 5.37. The summed E-state index contributed by atoms with van der Waals surface area (Å²) in [4.78, 5) is 14.2. The Balaban J connectivity index is 2.18. The standard InChI is InChI=1S/C17H23FNO2/c1-2-21-13-17(20)19(15-6-4-3-5-7-15)16-10-8-14(12-18)9-11-16/h8-11,13,15H,2-7,12H2,1H3. The van der Waals surface area contributed by atoms with Gasteiger partial charge in [-0.3, -0.25) is 4.79 Å². The van der Waals surface area contributed by atoms with Crippen molar-refractivity contribution in [3.63, 3.8) is 0 Å². The third kappa shape index (κ3) is 4.27. The fourth-order valence-corrected chi connectivity index (χ4v) is 2.81. The number of anilines is 1. The van der Waals surface area contributed by atoms with Crippen molar-refractivity contribution in [2.45, 2.75) is 51.7 Å². The van der Waals surface area contributed by atoms with Gasteiger partial charge in [-0.15, -0.1) is 0 Å². The monoisotopic (exact) mass is 292 g/mol. The van der Waals surface area contributed by atoms with Crippen LogP contribution in [0.5, 0.6) is 0 Å². The minimum absolute atomic E-state index is 0.128. The molecule has 0 saturated heterocycles. The number of nitrogens with zero attached hydrogens (tertiary/aromatic N) is 1. The molecule has 0 heterocycles.